The number of benzene rings is 1. The fourth-order valence-corrected chi connectivity index (χ4v) is 1.17. The maximum absolute atomic E-state index is 11.5. The van der Waals surface area contributed by atoms with E-state index in [2.05, 4.69) is 5.32 Å². The Morgan fingerprint density at radius 2 is 1.88 bits per heavy atom. The first-order valence-corrected chi connectivity index (χ1v) is 4.98. The zero-order chi connectivity index (χ0) is 12.0. The average Bonchev–Trinajstić information content (AvgIpc) is 2.29. The molecule has 0 aliphatic heterocycles. The number of carbonyl (C=O) groups is 2. The summed E-state index contributed by atoms with van der Waals surface area (Å²) in [5, 5.41) is 11.3. The van der Waals surface area contributed by atoms with Gasteiger partial charge in [0.15, 0.2) is 0 Å². The van der Waals surface area contributed by atoms with Crippen LogP contribution in [0.1, 0.15) is 16.8 Å². The summed E-state index contributed by atoms with van der Waals surface area (Å²) in [6.07, 6.45) is 0.0236. The summed E-state index contributed by atoms with van der Waals surface area (Å²) >= 11 is 5.67. The zero-order valence-electron chi connectivity index (χ0n) is 8.37. The van der Waals surface area contributed by atoms with Crippen molar-refractivity contribution in [1.29, 1.82) is 0 Å². The Balaban J connectivity index is 2.41. The van der Waals surface area contributed by atoms with Crippen molar-refractivity contribution in [3.63, 3.8) is 0 Å². The molecule has 3 N–H and O–H groups in total. The molecule has 0 aliphatic carbocycles. The average molecular weight is 243 g/mol. The highest BCUT2D eigenvalue weighted by Gasteiger charge is 2.05. The molecule has 0 atom stereocenters. The second kappa shape index (κ2) is 6.09. The third kappa shape index (κ3) is 3.88. The van der Waals surface area contributed by atoms with Gasteiger partial charge in [-0.3, -0.25) is 14.8 Å². The van der Waals surface area contributed by atoms with Gasteiger partial charge < -0.3 is 5.32 Å². The highest BCUT2D eigenvalue weighted by atomic mass is 35.5. The van der Waals surface area contributed by atoms with Gasteiger partial charge in [0.05, 0.1) is 0 Å². The van der Waals surface area contributed by atoms with E-state index in [1.54, 1.807) is 24.3 Å². The summed E-state index contributed by atoms with van der Waals surface area (Å²) in [6, 6.07) is 6.39. The summed E-state index contributed by atoms with van der Waals surface area (Å²) in [4.78, 5) is 22.1. The summed E-state index contributed by atoms with van der Waals surface area (Å²) in [5.41, 5.74) is 1.94. The van der Waals surface area contributed by atoms with Crippen LogP contribution in [0.15, 0.2) is 24.3 Å². The normalized spacial score (nSPS) is 9.62. The summed E-state index contributed by atoms with van der Waals surface area (Å²) in [6.45, 7) is 0.161. The van der Waals surface area contributed by atoms with E-state index in [0.29, 0.717) is 10.6 Å². The lowest BCUT2D eigenvalue weighted by molar-refractivity contribution is -0.129. The smallest absolute Gasteiger partial charge is 0.251 e. The first-order valence-electron chi connectivity index (χ1n) is 4.60. The Kier molecular flexibility index (Phi) is 4.75. The first-order chi connectivity index (χ1) is 7.63. The number of carbonyl (C=O) groups excluding carboxylic acids is 2. The maximum Gasteiger partial charge on any atom is 0.251 e. The third-order valence-corrected chi connectivity index (χ3v) is 2.12. The van der Waals surface area contributed by atoms with Gasteiger partial charge in [0.2, 0.25) is 5.91 Å². The summed E-state index contributed by atoms with van der Waals surface area (Å²) in [5.74, 6) is -0.834. The molecule has 0 bridgehead atoms. The van der Waals surface area contributed by atoms with Crippen LogP contribution in [0, 0.1) is 0 Å². The van der Waals surface area contributed by atoms with E-state index in [1.165, 1.54) is 5.48 Å². The van der Waals surface area contributed by atoms with E-state index in [-0.39, 0.29) is 18.9 Å². The van der Waals surface area contributed by atoms with E-state index in [9.17, 15) is 9.59 Å². The molecule has 0 aromatic heterocycles. The Bertz CT molecular complexity index is 378. The molecule has 0 heterocycles. The standard InChI is InChI=1S/C10H11ClN2O3/c11-8-3-1-7(2-4-8)10(15)12-6-5-9(14)13-16/h1-4,16H,5-6H2,(H,12,15)(H,13,14). The summed E-state index contributed by atoms with van der Waals surface area (Å²) in [7, 11) is 0. The predicted molar refractivity (Wildman–Crippen MR) is 58.3 cm³/mol. The lowest BCUT2D eigenvalue weighted by atomic mass is 10.2. The molecule has 0 saturated heterocycles. The van der Waals surface area contributed by atoms with Crippen molar-refractivity contribution in [3.05, 3.63) is 34.9 Å². The van der Waals surface area contributed by atoms with Gasteiger partial charge in [0.1, 0.15) is 0 Å². The maximum atomic E-state index is 11.5. The molecule has 1 aromatic carbocycles. The van der Waals surface area contributed by atoms with Crippen molar-refractivity contribution >= 4 is 23.4 Å². The minimum atomic E-state index is -0.545. The Morgan fingerprint density at radius 3 is 2.44 bits per heavy atom. The van der Waals surface area contributed by atoms with Crippen molar-refractivity contribution in [3.8, 4) is 0 Å². The number of hydrogen-bond donors (Lipinski definition) is 3. The van der Waals surface area contributed by atoms with E-state index in [1.807, 2.05) is 0 Å². The Labute approximate surface area is 97.4 Å². The van der Waals surface area contributed by atoms with Gasteiger partial charge in [0, 0.05) is 23.6 Å². The van der Waals surface area contributed by atoms with Crippen LogP contribution in [-0.2, 0) is 4.79 Å². The van der Waals surface area contributed by atoms with Crippen LogP contribution in [0.2, 0.25) is 5.02 Å². The van der Waals surface area contributed by atoms with Crippen LogP contribution in [0.25, 0.3) is 0 Å². The number of nitrogens with one attached hydrogen (secondary N) is 2. The number of amides is 2. The second-order valence-electron chi connectivity index (χ2n) is 3.05. The molecule has 0 fully saturated rings. The van der Waals surface area contributed by atoms with Gasteiger partial charge in [-0.1, -0.05) is 11.6 Å². The predicted octanol–water partition coefficient (Wildman–Crippen LogP) is 0.965. The van der Waals surface area contributed by atoms with Gasteiger partial charge in [-0.25, -0.2) is 5.48 Å². The van der Waals surface area contributed by atoms with Gasteiger partial charge in [0.25, 0.3) is 5.91 Å². The van der Waals surface area contributed by atoms with Gasteiger partial charge in [-0.05, 0) is 24.3 Å². The van der Waals surface area contributed by atoms with Crippen LogP contribution in [-0.4, -0.2) is 23.6 Å². The SMILES string of the molecule is O=C(CCNC(=O)c1ccc(Cl)cc1)NO. The molecule has 6 heteroatoms. The lowest BCUT2D eigenvalue weighted by Gasteiger charge is -2.04. The molecule has 5 nitrogen and oxygen atoms in total. The molecule has 0 saturated carbocycles. The van der Waals surface area contributed by atoms with Gasteiger partial charge in [-0.2, -0.15) is 0 Å². The molecule has 0 spiro atoms. The molecule has 0 unspecified atom stereocenters. The number of halogens is 1. The lowest BCUT2D eigenvalue weighted by Crippen LogP contribution is -2.29. The van der Waals surface area contributed by atoms with Crippen LogP contribution >= 0.6 is 11.6 Å². The van der Waals surface area contributed by atoms with E-state index in [4.69, 9.17) is 16.8 Å². The third-order valence-electron chi connectivity index (χ3n) is 1.87. The van der Waals surface area contributed by atoms with Crippen molar-refractivity contribution in [2.24, 2.45) is 0 Å². The topological polar surface area (TPSA) is 78.4 Å². The largest absolute Gasteiger partial charge is 0.352 e. The molecule has 16 heavy (non-hydrogen) atoms. The molecular weight excluding hydrogens is 232 g/mol. The zero-order valence-corrected chi connectivity index (χ0v) is 9.12. The molecule has 86 valence electrons. The van der Waals surface area contributed by atoms with Crippen LogP contribution in [0.3, 0.4) is 0 Å². The first kappa shape index (κ1) is 12.5. The fourth-order valence-electron chi connectivity index (χ4n) is 1.05. The minimum Gasteiger partial charge on any atom is -0.352 e. The van der Waals surface area contributed by atoms with Gasteiger partial charge >= 0.3 is 0 Å². The summed E-state index contributed by atoms with van der Waals surface area (Å²) < 4.78 is 0. The van der Waals surface area contributed by atoms with E-state index in [0.717, 1.165) is 0 Å². The minimum absolute atomic E-state index is 0.0236. The highest BCUT2D eigenvalue weighted by Crippen LogP contribution is 2.09. The molecular formula is C10H11ClN2O3. The van der Waals surface area contributed by atoms with E-state index < -0.39 is 5.91 Å². The fraction of sp³-hybridized carbons (Fsp3) is 0.200. The molecule has 1 aromatic rings. The van der Waals surface area contributed by atoms with E-state index >= 15 is 0 Å². The van der Waals surface area contributed by atoms with Crippen LogP contribution < -0.4 is 10.8 Å². The Hall–Kier alpha value is -1.59. The second-order valence-corrected chi connectivity index (χ2v) is 3.48. The van der Waals surface area contributed by atoms with Crippen molar-refractivity contribution in [2.45, 2.75) is 6.42 Å². The molecule has 0 radical (unpaired) electrons. The van der Waals surface area contributed by atoms with Crippen LogP contribution in [0.5, 0.6) is 0 Å². The highest BCUT2D eigenvalue weighted by molar-refractivity contribution is 6.30. The van der Waals surface area contributed by atoms with Gasteiger partial charge in [-0.15, -0.1) is 0 Å². The molecule has 1 rings (SSSR count). The van der Waals surface area contributed by atoms with Crippen LogP contribution in [0.4, 0.5) is 0 Å². The van der Waals surface area contributed by atoms with Crippen molar-refractivity contribution in [2.75, 3.05) is 6.54 Å². The number of hydroxylamine groups is 1. The number of rotatable bonds is 4. The van der Waals surface area contributed by atoms with Crippen molar-refractivity contribution in [1.82, 2.24) is 10.8 Å². The monoisotopic (exact) mass is 242 g/mol. The Morgan fingerprint density at radius 1 is 1.25 bits per heavy atom. The molecule has 2 amide bonds. The quantitative estimate of drug-likeness (QED) is 0.544. The number of hydrogen-bond acceptors (Lipinski definition) is 3. The molecule has 0 aliphatic rings. The van der Waals surface area contributed by atoms with Crippen molar-refractivity contribution < 1.29 is 14.8 Å².